The van der Waals surface area contributed by atoms with Crippen LogP contribution in [0.1, 0.15) is 70.3 Å². The standard InChI is InChI=1S/C27H38N8O2S.2ClH/c28-19-10-12-20(13-11-19)31-27-32-25(24-26(33-27)35(18-29-24)22-6-4-5-7-22)30-21-14-16-34(17-15-21)38(36,37)23-8-2-1-3-9-23;;/h1-3,8-9,18-22H,4-7,10-17,28H2,(H2,30,31,32,33);2*1H/t19-,20-;;. The number of hydrogen-bond donors (Lipinski definition) is 3. The van der Waals surface area contributed by atoms with Crippen LogP contribution in [0.4, 0.5) is 11.8 Å². The molecule has 40 heavy (non-hydrogen) atoms. The molecule has 220 valence electrons. The summed E-state index contributed by atoms with van der Waals surface area (Å²) in [6.07, 6.45) is 12.1. The summed E-state index contributed by atoms with van der Waals surface area (Å²) in [7, 11) is -3.48. The van der Waals surface area contributed by atoms with Crippen molar-refractivity contribution in [2.24, 2.45) is 5.73 Å². The molecule has 0 unspecified atom stereocenters. The first kappa shape index (κ1) is 30.8. The van der Waals surface area contributed by atoms with E-state index in [0.29, 0.717) is 48.9 Å². The number of halogens is 2. The fourth-order valence-corrected chi connectivity index (χ4v) is 7.64. The number of nitrogens with zero attached hydrogens (tertiary/aromatic N) is 5. The zero-order valence-electron chi connectivity index (χ0n) is 22.6. The van der Waals surface area contributed by atoms with Crippen molar-refractivity contribution in [3.63, 3.8) is 0 Å². The molecule has 10 nitrogen and oxygen atoms in total. The zero-order chi connectivity index (χ0) is 26.1. The van der Waals surface area contributed by atoms with Crippen LogP contribution >= 0.6 is 24.8 Å². The molecule has 2 saturated carbocycles. The molecule has 0 spiro atoms. The number of imidazole rings is 1. The van der Waals surface area contributed by atoms with Gasteiger partial charge in [-0.05, 0) is 63.5 Å². The average Bonchev–Trinajstić information content (AvgIpc) is 3.61. The van der Waals surface area contributed by atoms with E-state index in [-0.39, 0.29) is 36.9 Å². The summed E-state index contributed by atoms with van der Waals surface area (Å²) >= 11 is 0. The molecule has 4 N–H and O–H groups in total. The van der Waals surface area contributed by atoms with Crippen molar-refractivity contribution in [3.05, 3.63) is 36.7 Å². The van der Waals surface area contributed by atoms with E-state index in [0.717, 1.165) is 55.5 Å². The highest BCUT2D eigenvalue weighted by molar-refractivity contribution is 7.89. The van der Waals surface area contributed by atoms with E-state index in [2.05, 4.69) is 15.2 Å². The third kappa shape index (κ3) is 6.49. The largest absolute Gasteiger partial charge is 0.365 e. The van der Waals surface area contributed by atoms with Gasteiger partial charge in [-0.2, -0.15) is 14.3 Å². The topological polar surface area (TPSA) is 131 Å². The maximum Gasteiger partial charge on any atom is 0.243 e. The molecule has 1 saturated heterocycles. The minimum Gasteiger partial charge on any atom is -0.365 e. The highest BCUT2D eigenvalue weighted by atomic mass is 35.5. The van der Waals surface area contributed by atoms with E-state index in [1.165, 1.54) is 12.8 Å². The number of piperidine rings is 1. The molecule has 3 fully saturated rings. The second-order valence-corrected chi connectivity index (χ2v) is 13.0. The van der Waals surface area contributed by atoms with E-state index in [4.69, 9.17) is 20.7 Å². The van der Waals surface area contributed by atoms with Crippen LogP contribution in [-0.2, 0) is 10.0 Å². The maximum atomic E-state index is 13.1. The molecule has 1 aromatic carbocycles. The molecule has 3 aliphatic rings. The predicted octanol–water partition coefficient (Wildman–Crippen LogP) is 4.73. The second kappa shape index (κ2) is 13.2. The minimum atomic E-state index is -3.48. The number of rotatable bonds is 7. The molecule has 0 atom stereocenters. The van der Waals surface area contributed by atoms with Crippen LogP contribution in [0.2, 0.25) is 0 Å². The lowest BCUT2D eigenvalue weighted by Crippen LogP contribution is -2.42. The molecule has 0 bridgehead atoms. The van der Waals surface area contributed by atoms with E-state index in [1.54, 1.807) is 28.6 Å². The van der Waals surface area contributed by atoms with Crippen LogP contribution in [0.3, 0.4) is 0 Å². The van der Waals surface area contributed by atoms with E-state index in [1.807, 2.05) is 12.4 Å². The third-order valence-corrected chi connectivity index (χ3v) is 10.3. The minimum absolute atomic E-state index is 0. The summed E-state index contributed by atoms with van der Waals surface area (Å²) in [4.78, 5) is 14.9. The number of sulfonamides is 1. The molecule has 1 aliphatic heterocycles. The lowest BCUT2D eigenvalue weighted by Gasteiger charge is -2.32. The molecule has 0 amide bonds. The van der Waals surface area contributed by atoms with Crippen LogP contribution in [0.25, 0.3) is 11.2 Å². The number of benzene rings is 1. The zero-order valence-corrected chi connectivity index (χ0v) is 25.1. The number of aromatic nitrogens is 4. The van der Waals surface area contributed by atoms with Gasteiger partial charge in [0.2, 0.25) is 16.0 Å². The Labute approximate surface area is 248 Å². The second-order valence-electron chi connectivity index (χ2n) is 11.0. The Morgan fingerprint density at radius 2 is 1.48 bits per heavy atom. The Morgan fingerprint density at radius 3 is 2.15 bits per heavy atom. The molecule has 13 heteroatoms. The van der Waals surface area contributed by atoms with Gasteiger partial charge in [-0.1, -0.05) is 31.0 Å². The lowest BCUT2D eigenvalue weighted by atomic mass is 9.92. The van der Waals surface area contributed by atoms with E-state index >= 15 is 0 Å². The maximum absolute atomic E-state index is 13.1. The van der Waals surface area contributed by atoms with Gasteiger partial charge in [0.1, 0.15) is 0 Å². The normalized spacial score (nSPS) is 22.9. The molecular formula is C27H40Cl2N8O2S. The van der Waals surface area contributed by atoms with Crippen LogP contribution in [0.5, 0.6) is 0 Å². The van der Waals surface area contributed by atoms with Crippen molar-refractivity contribution in [2.75, 3.05) is 23.7 Å². The van der Waals surface area contributed by atoms with Gasteiger partial charge in [0.05, 0.1) is 11.2 Å². The first-order valence-corrected chi connectivity index (χ1v) is 15.5. The van der Waals surface area contributed by atoms with Crippen molar-refractivity contribution in [2.45, 2.75) is 93.3 Å². The summed E-state index contributed by atoms with van der Waals surface area (Å²) in [6.45, 7) is 0.931. The summed E-state index contributed by atoms with van der Waals surface area (Å²) < 4.78 is 29.9. The molecule has 2 aromatic heterocycles. The summed E-state index contributed by atoms with van der Waals surface area (Å²) in [5, 5.41) is 7.19. The fraction of sp³-hybridized carbons (Fsp3) is 0.593. The Kier molecular flexibility index (Phi) is 10.2. The Balaban J connectivity index is 0.00000185. The monoisotopic (exact) mass is 610 g/mol. The molecule has 3 heterocycles. The Morgan fingerprint density at radius 1 is 0.825 bits per heavy atom. The quantitative estimate of drug-likeness (QED) is 0.350. The number of anilines is 2. The number of nitrogens with two attached hydrogens (primary N) is 1. The van der Waals surface area contributed by atoms with Gasteiger partial charge in [-0.3, -0.25) is 0 Å². The van der Waals surface area contributed by atoms with Crippen LogP contribution < -0.4 is 16.4 Å². The lowest BCUT2D eigenvalue weighted by molar-refractivity contribution is 0.329. The summed E-state index contributed by atoms with van der Waals surface area (Å²) in [5.41, 5.74) is 7.77. The van der Waals surface area contributed by atoms with Gasteiger partial charge in [-0.15, -0.1) is 24.8 Å². The number of nitrogens with one attached hydrogen (secondary N) is 2. The van der Waals surface area contributed by atoms with Gasteiger partial charge in [0, 0.05) is 37.3 Å². The molecular weight excluding hydrogens is 571 g/mol. The van der Waals surface area contributed by atoms with Crippen molar-refractivity contribution >= 4 is 57.8 Å². The third-order valence-electron chi connectivity index (χ3n) is 8.42. The highest BCUT2D eigenvalue weighted by Crippen LogP contribution is 2.34. The summed E-state index contributed by atoms with van der Waals surface area (Å²) in [5.74, 6) is 1.36. The molecule has 3 aromatic rings. The predicted molar refractivity (Wildman–Crippen MR) is 163 cm³/mol. The molecule has 6 rings (SSSR count). The molecule has 0 radical (unpaired) electrons. The van der Waals surface area contributed by atoms with Crippen molar-refractivity contribution in [1.29, 1.82) is 0 Å². The van der Waals surface area contributed by atoms with E-state index in [9.17, 15) is 8.42 Å². The van der Waals surface area contributed by atoms with Crippen molar-refractivity contribution in [3.8, 4) is 0 Å². The van der Waals surface area contributed by atoms with Crippen LogP contribution in [-0.4, -0.2) is 63.5 Å². The van der Waals surface area contributed by atoms with Crippen LogP contribution in [0.15, 0.2) is 41.6 Å². The van der Waals surface area contributed by atoms with Gasteiger partial charge in [-0.25, -0.2) is 13.4 Å². The SMILES string of the molecule is Cl.Cl.N[C@H]1CC[C@H](Nc2nc(NC3CCN(S(=O)(=O)c4ccccc4)CC3)c3ncn(C4CCCC4)c3n2)CC1. The van der Waals surface area contributed by atoms with Gasteiger partial charge < -0.3 is 20.9 Å². The van der Waals surface area contributed by atoms with E-state index < -0.39 is 10.0 Å². The fourth-order valence-electron chi connectivity index (χ4n) is 6.15. The Hall–Kier alpha value is -2.18. The van der Waals surface area contributed by atoms with Crippen LogP contribution in [0, 0.1) is 0 Å². The summed E-state index contributed by atoms with van der Waals surface area (Å²) in [6, 6.07) is 9.81. The first-order chi connectivity index (χ1) is 18.5. The highest BCUT2D eigenvalue weighted by Gasteiger charge is 2.30. The molecule has 2 aliphatic carbocycles. The Bertz CT molecular complexity index is 1350. The number of fused-ring (bicyclic) bond motifs is 1. The van der Waals surface area contributed by atoms with Gasteiger partial charge in [0.25, 0.3) is 0 Å². The first-order valence-electron chi connectivity index (χ1n) is 14.1. The smallest absolute Gasteiger partial charge is 0.243 e. The number of hydrogen-bond acceptors (Lipinski definition) is 8. The average molecular weight is 612 g/mol. The van der Waals surface area contributed by atoms with Gasteiger partial charge in [0.15, 0.2) is 17.0 Å². The van der Waals surface area contributed by atoms with Crippen molar-refractivity contribution < 1.29 is 8.42 Å². The van der Waals surface area contributed by atoms with Gasteiger partial charge >= 0.3 is 0 Å². The van der Waals surface area contributed by atoms with Crippen molar-refractivity contribution in [1.82, 2.24) is 23.8 Å².